The fraction of sp³-hybridized carbons (Fsp3) is 0.643. The number of rotatable bonds is 5. The molecule has 0 saturated carbocycles. The zero-order valence-corrected chi connectivity index (χ0v) is 11.8. The first kappa shape index (κ1) is 16.0. The zero-order valence-electron chi connectivity index (χ0n) is 11.8. The second-order valence-electron chi connectivity index (χ2n) is 5.06. The second-order valence-corrected chi connectivity index (χ2v) is 5.06. The molecule has 1 aromatic rings. The van der Waals surface area contributed by atoms with Crippen LogP contribution in [0.4, 0.5) is 13.2 Å². The van der Waals surface area contributed by atoms with Crippen molar-refractivity contribution in [3.63, 3.8) is 0 Å². The van der Waals surface area contributed by atoms with Crippen molar-refractivity contribution in [1.29, 1.82) is 0 Å². The summed E-state index contributed by atoms with van der Waals surface area (Å²) >= 11 is 0. The standard InChI is InChI=1S/C14H21F3N2/c1-5-18-10(4)13(9(2)3)11-7-6-8-12(19-11)14(15,16)17/h6-10,13,18H,5H2,1-4H3. The fourth-order valence-electron chi connectivity index (χ4n) is 2.42. The van der Waals surface area contributed by atoms with Crippen molar-refractivity contribution in [2.75, 3.05) is 6.54 Å². The van der Waals surface area contributed by atoms with Crippen LogP contribution in [-0.2, 0) is 6.18 Å². The quantitative estimate of drug-likeness (QED) is 0.882. The van der Waals surface area contributed by atoms with E-state index in [4.69, 9.17) is 0 Å². The third-order valence-electron chi connectivity index (χ3n) is 3.19. The molecule has 0 radical (unpaired) electrons. The Bertz CT molecular complexity index is 402. The molecule has 0 aliphatic rings. The van der Waals surface area contributed by atoms with E-state index in [1.807, 2.05) is 27.7 Å². The van der Waals surface area contributed by atoms with Crippen LogP contribution in [0.1, 0.15) is 45.0 Å². The molecule has 5 heteroatoms. The number of aromatic nitrogens is 1. The Balaban J connectivity index is 3.10. The minimum Gasteiger partial charge on any atom is -0.314 e. The maximum absolute atomic E-state index is 12.7. The molecule has 0 saturated heterocycles. The predicted molar refractivity (Wildman–Crippen MR) is 70.0 cm³/mol. The molecule has 1 N–H and O–H groups in total. The maximum Gasteiger partial charge on any atom is 0.433 e. The van der Waals surface area contributed by atoms with Crippen LogP contribution in [0.3, 0.4) is 0 Å². The van der Waals surface area contributed by atoms with Gasteiger partial charge >= 0.3 is 6.18 Å². The number of hydrogen-bond acceptors (Lipinski definition) is 2. The van der Waals surface area contributed by atoms with Crippen molar-refractivity contribution in [1.82, 2.24) is 10.3 Å². The first-order valence-electron chi connectivity index (χ1n) is 6.54. The van der Waals surface area contributed by atoms with Crippen molar-refractivity contribution in [2.24, 2.45) is 5.92 Å². The van der Waals surface area contributed by atoms with Crippen molar-refractivity contribution in [3.05, 3.63) is 29.6 Å². The smallest absolute Gasteiger partial charge is 0.314 e. The van der Waals surface area contributed by atoms with E-state index in [1.165, 1.54) is 6.07 Å². The van der Waals surface area contributed by atoms with Crippen LogP contribution in [0, 0.1) is 5.92 Å². The average Bonchev–Trinajstić information content (AvgIpc) is 2.28. The lowest BCUT2D eigenvalue weighted by molar-refractivity contribution is -0.141. The van der Waals surface area contributed by atoms with Crippen LogP contribution in [0.25, 0.3) is 0 Å². The summed E-state index contributed by atoms with van der Waals surface area (Å²) in [4.78, 5) is 3.80. The van der Waals surface area contributed by atoms with Crippen LogP contribution in [0.2, 0.25) is 0 Å². The van der Waals surface area contributed by atoms with Crippen molar-refractivity contribution in [2.45, 2.75) is 45.8 Å². The number of pyridine rings is 1. The molecule has 0 bridgehead atoms. The minimum absolute atomic E-state index is 0.0396. The van der Waals surface area contributed by atoms with Gasteiger partial charge in [0.05, 0.1) is 0 Å². The van der Waals surface area contributed by atoms with E-state index < -0.39 is 11.9 Å². The van der Waals surface area contributed by atoms with Crippen LogP contribution >= 0.6 is 0 Å². The summed E-state index contributed by atoms with van der Waals surface area (Å²) < 4.78 is 38.1. The highest BCUT2D eigenvalue weighted by Gasteiger charge is 2.33. The van der Waals surface area contributed by atoms with Gasteiger partial charge < -0.3 is 5.32 Å². The summed E-state index contributed by atoms with van der Waals surface area (Å²) in [5, 5.41) is 3.26. The van der Waals surface area contributed by atoms with E-state index in [1.54, 1.807) is 6.07 Å². The Morgan fingerprint density at radius 2 is 1.84 bits per heavy atom. The van der Waals surface area contributed by atoms with Gasteiger partial charge in [-0.05, 0) is 31.5 Å². The van der Waals surface area contributed by atoms with Gasteiger partial charge in [-0.15, -0.1) is 0 Å². The molecular weight excluding hydrogens is 253 g/mol. The SMILES string of the molecule is CCNC(C)C(c1cccc(C(F)(F)F)n1)C(C)C. The lowest BCUT2D eigenvalue weighted by Crippen LogP contribution is -2.35. The molecule has 0 spiro atoms. The van der Waals surface area contributed by atoms with Crippen LogP contribution in [-0.4, -0.2) is 17.6 Å². The Kier molecular flexibility index (Phi) is 5.35. The molecule has 0 fully saturated rings. The van der Waals surface area contributed by atoms with Crippen LogP contribution in [0.15, 0.2) is 18.2 Å². The molecule has 19 heavy (non-hydrogen) atoms. The molecular formula is C14H21F3N2. The molecule has 0 aliphatic heterocycles. The van der Waals surface area contributed by atoms with E-state index in [2.05, 4.69) is 10.3 Å². The van der Waals surface area contributed by atoms with Crippen molar-refractivity contribution >= 4 is 0 Å². The number of likely N-dealkylation sites (N-methyl/N-ethyl adjacent to an activating group) is 1. The van der Waals surface area contributed by atoms with Gasteiger partial charge in [0.25, 0.3) is 0 Å². The number of halogens is 3. The molecule has 0 amide bonds. The average molecular weight is 274 g/mol. The summed E-state index contributed by atoms with van der Waals surface area (Å²) in [5.41, 5.74) is -0.322. The van der Waals surface area contributed by atoms with Gasteiger partial charge in [0, 0.05) is 17.7 Å². The second kappa shape index (κ2) is 6.37. The Hall–Kier alpha value is -1.10. The number of hydrogen-bond donors (Lipinski definition) is 1. The summed E-state index contributed by atoms with van der Waals surface area (Å²) in [6, 6.07) is 4.20. The van der Waals surface area contributed by atoms with E-state index in [0.29, 0.717) is 5.69 Å². The summed E-state index contributed by atoms with van der Waals surface area (Å²) in [7, 11) is 0. The first-order valence-corrected chi connectivity index (χ1v) is 6.54. The monoisotopic (exact) mass is 274 g/mol. The van der Waals surface area contributed by atoms with Crippen LogP contribution in [0.5, 0.6) is 0 Å². The number of nitrogens with zero attached hydrogens (tertiary/aromatic N) is 1. The highest BCUT2D eigenvalue weighted by atomic mass is 19.4. The molecule has 1 rings (SSSR count). The topological polar surface area (TPSA) is 24.9 Å². The van der Waals surface area contributed by atoms with E-state index in [0.717, 1.165) is 12.6 Å². The van der Waals surface area contributed by atoms with Gasteiger partial charge in [0.15, 0.2) is 0 Å². The third kappa shape index (κ3) is 4.20. The van der Waals surface area contributed by atoms with Crippen molar-refractivity contribution in [3.8, 4) is 0 Å². The molecule has 0 aromatic carbocycles. The van der Waals surface area contributed by atoms with Crippen molar-refractivity contribution < 1.29 is 13.2 Å². The van der Waals surface area contributed by atoms with Gasteiger partial charge in [-0.3, -0.25) is 0 Å². The predicted octanol–water partition coefficient (Wildman–Crippen LogP) is 3.84. The summed E-state index contributed by atoms with van der Waals surface area (Å²) in [5.74, 6) is 0.173. The highest BCUT2D eigenvalue weighted by Crippen LogP contribution is 2.31. The minimum atomic E-state index is -4.39. The molecule has 108 valence electrons. The fourth-order valence-corrected chi connectivity index (χ4v) is 2.42. The molecule has 2 nitrogen and oxygen atoms in total. The van der Waals surface area contributed by atoms with Gasteiger partial charge in [0.1, 0.15) is 5.69 Å². The van der Waals surface area contributed by atoms with E-state index in [-0.39, 0.29) is 17.9 Å². The maximum atomic E-state index is 12.7. The van der Waals surface area contributed by atoms with E-state index >= 15 is 0 Å². The number of alkyl halides is 3. The largest absolute Gasteiger partial charge is 0.433 e. The Morgan fingerprint density at radius 3 is 2.32 bits per heavy atom. The summed E-state index contributed by atoms with van der Waals surface area (Å²) in [6.45, 7) is 8.74. The molecule has 2 atom stereocenters. The first-order chi connectivity index (χ1) is 8.77. The molecule has 1 heterocycles. The van der Waals surface area contributed by atoms with Gasteiger partial charge in [0.2, 0.25) is 0 Å². The van der Waals surface area contributed by atoms with Gasteiger partial charge in [-0.25, -0.2) is 4.98 Å². The zero-order chi connectivity index (χ0) is 14.6. The number of nitrogens with one attached hydrogen (secondary N) is 1. The molecule has 1 aromatic heterocycles. The van der Waals surface area contributed by atoms with Gasteiger partial charge in [-0.2, -0.15) is 13.2 Å². The van der Waals surface area contributed by atoms with Gasteiger partial charge in [-0.1, -0.05) is 26.8 Å². The Labute approximate surface area is 112 Å². The third-order valence-corrected chi connectivity index (χ3v) is 3.19. The normalized spacial score (nSPS) is 15.6. The van der Waals surface area contributed by atoms with Crippen LogP contribution < -0.4 is 5.32 Å². The molecule has 2 unspecified atom stereocenters. The highest BCUT2D eigenvalue weighted by molar-refractivity contribution is 5.18. The van der Waals surface area contributed by atoms with E-state index in [9.17, 15) is 13.2 Å². The Morgan fingerprint density at radius 1 is 1.21 bits per heavy atom. The lowest BCUT2D eigenvalue weighted by atomic mass is 9.86. The lowest BCUT2D eigenvalue weighted by Gasteiger charge is -2.28. The summed E-state index contributed by atoms with van der Waals surface area (Å²) in [6.07, 6.45) is -4.39. The molecule has 0 aliphatic carbocycles.